The molecule has 0 N–H and O–H groups in total. The standard InChI is InChI=1S/C8H14O/c1-5(2)7-4-8(7)6(3)9/h5,7-8H,4H2,1-3H3/t7-,8-/m0/s1. The Hall–Kier alpha value is -0.330. The van der Waals surface area contributed by atoms with E-state index < -0.39 is 0 Å². The maximum atomic E-state index is 10.7. The molecule has 1 heteroatoms. The zero-order valence-electron chi connectivity index (χ0n) is 6.35. The molecule has 0 bridgehead atoms. The fraction of sp³-hybridized carbons (Fsp3) is 0.875. The summed E-state index contributed by atoms with van der Waals surface area (Å²) in [5, 5.41) is 0. The number of hydrogen-bond acceptors (Lipinski definition) is 1. The summed E-state index contributed by atoms with van der Waals surface area (Å²) in [7, 11) is 0. The van der Waals surface area contributed by atoms with Crippen molar-refractivity contribution in [1.29, 1.82) is 0 Å². The number of rotatable bonds is 2. The summed E-state index contributed by atoms with van der Waals surface area (Å²) >= 11 is 0. The lowest BCUT2D eigenvalue weighted by molar-refractivity contribution is -0.118. The van der Waals surface area contributed by atoms with Crippen LogP contribution in [0.4, 0.5) is 0 Å². The predicted molar refractivity (Wildman–Crippen MR) is 37.1 cm³/mol. The smallest absolute Gasteiger partial charge is 0.133 e. The number of carbonyl (C=O) groups excluding carboxylic acids is 1. The van der Waals surface area contributed by atoms with E-state index >= 15 is 0 Å². The molecule has 0 spiro atoms. The van der Waals surface area contributed by atoms with Crippen molar-refractivity contribution < 1.29 is 4.79 Å². The molecule has 52 valence electrons. The van der Waals surface area contributed by atoms with E-state index in [1.807, 2.05) is 0 Å². The first-order valence-corrected chi connectivity index (χ1v) is 3.63. The Morgan fingerprint density at radius 2 is 2.11 bits per heavy atom. The topological polar surface area (TPSA) is 17.1 Å². The Kier molecular flexibility index (Phi) is 1.60. The Labute approximate surface area is 56.4 Å². The Morgan fingerprint density at radius 1 is 1.56 bits per heavy atom. The van der Waals surface area contributed by atoms with Crippen LogP contribution in [0.25, 0.3) is 0 Å². The van der Waals surface area contributed by atoms with Gasteiger partial charge in [0.2, 0.25) is 0 Å². The van der Waals surface area contributed by atoms with Crippen LogP contribution in [0.5, 0.6) is 0 Å². The molecule has 1 aliphatic carbocycles. The van der Waals surface area contributed by atoms with Crippen molar-refractivity contribution >= 4 is 5.78 Å². The monoisotopic (exact) mass is 126 g/mol. The van der Waals surface area contributed by atoms with Crippen LogP contribution in [-0.2, 0) is 4.79 Å². The molecular formula is C8H14O. The van der Waals surface area contributed by atoms with Gasteiger partial charge in [-0.05, 0) is 25.2 Å². The summed E-state index contributed by atoms with van der Waals surface area (Å²) in [4.78, 5) is 10.7. The molecule has 0 unspecified atom stereocenters. The fourth-order valence-corrected chi connectivity index (χ4v) is 1.42. The maximum Gasteiger partial charge on any atom is 0.133 e. The molecule has 1 rings (SSSR count). The van der Waals surface area contributed by atoms with Crippen molar-refractivity contribution in [3.8, 4) is 0 Å². The van der Waals surface area contributed by atoms with Crippen molar-refractivity contribution in [3.05, 3.63) is 0 Å². The second-order valence-corrected chi connectivity index (χ2v) is 3.36. The largest absolute Gasteiger partial charge is 0.300 e. The SMILES string of the molecule is CC(=O)[C@@H]1C[C@H]1C(C)C. The summed E-state index contributed by atoms with van der Waals surface area (Å²) < 4.78 is 0. The van der Waals surface area contributed by atoms with Gasteiger partial charge in [-0.25, -0.2) is 0 Å². The van der Waals surface area contributed by atoms with Gasteiger partial charge in [-0.15, -0.1) is 0 Å². The molecule has 0 aromatic heterocycles. The van der Waals surface area contributed by atoms with E-state index in [4.69, 9.17) is 0 Å². The summed E-state index contributed by atoms with van der Waals surface area (Å²) in [6.07, 6.45) is 1.15. The van der Waals surface area contributed by atoms with Crippen molar-refractivity contribution in [2.75, 3.05) is 0 Å². The molecule has 0 aromatic rings. The van der Waals surface area contributed by atoms with Gasteiger partial charge >= 0.3 is 0 Å². The van der Waals surface area contributed by atoms with Crippen molar-refractivity contribution in [1.82, 2.24) is 0 Å². The van der Waals surface area contributed by atoms with Crippen LogP contribution >= 0.6 is 0 Å². The van der Waals surface area contributed by atoms with E-state index in [9.17, 15) is 4.79 Å². The summed E-state index contributed by atoms with van der Waals surface area (Å²) in [5.41, 5.74) is 0. The van der Waals surface area contributed by atoms with Gasteiger partial charge in [0.05, 0.1) is 0 Å². The van der Waals surface area contributed by atoms with Gasteiger partial charge in [0, 0.05) is 5.92 Å². The number of hydrogen-bond donors (Lipinski definition) is 0. The Balaban J connectivity index is 2.33. The third kappa shape index (κ3) is 1.32. The molecule has 0 aromatic carbocycles. The van der Waals surface area contributed by atoms with Crippen molar-refractivity contribution in [2.45, 2.75) is 27.2 Å². The lowest BCUT2D eigenvalue weighted by atomic mass is 10.1. The van der Waals surface area contributed by atoms with Gasteiger partial charge in [0.15, 0.2) is 0 Å². The van der Waals surface area contributed by atoms with Crippen LogP contribution in [0.1, 0.15) is 27.2 Å². The van der Waals surface area contributed by atoms with Gasteiger partial charge < -0.3 is 0 Å². The zero-order valence-corrected chi connectivity index (χ0v) is 6.35. The second kappa shape index (κ2) is 2.13. The zero-order chi connectivity index (χ0) is 7.02. The van der Waals surface area contributed by atoms with E-state index in [0.717, 1.165) is 6.42 Å². The van der Waals surface area contributed by atoms with Gasteiger partial charge in [-0.3, -0.25) is 4.79 Å². The summed E-state index contributed by atoms with van der Waals surface area (Å²) in [6.45, 7) is 6.08. The third-order valence-electron chi connectivity index (χ3n) is 2.22. The van der Waals surface area contributed by atoms with Crippen LogP contribution in [0, 0.1) is 17.8 Å². The first-order valence-electron chi connectivity index (χ1n) is 3.63. The average molecular weight is 126 g/mol. The molecule has 0 amide bonds. The van der Waals surface area contributed by atoms with Gasteiger partial charge in [-0.1, -0.05) is 13.8 Å². The van der Waals surface area contributed by atoms with E-state index in [2.05, 4.69) is 13.8 Å². The molecule has 1 nitrogen and oxygen atoms in total. The van der Waals surface area contributed by atoms with E-state index in [0.29, 0.717) is 23.5 Å². The van der Waals surface area contributed by atoms with Gasteiger partial charge in [-0.2, -0.15) is 0 Å². The van der Waals surface area contributed by atoms with E-state index in [-0.39, 0.29) is 0 Å². The minimum Gasteiger partial charge on any atom is -0.300 e. The molecule has 0 saturated heterocycles. The van der Waals surface area contributed by atoms with Gasteiger partial charge in [0.1, 0.15) is 5.78 Å². The van der Waals surface area contributed by atoms with Gasteiger partial charge in [0.25, 0.3) is 0 Å². The molecule has 0 aliphatic heterocycles. The minimum absolute atomic E-state index is 0.383. The lowest BCUT2D eigenvalue weighted by Crippen LogP contribution is -1.99. The molecule has 9 heavy (non-hydrogen) atoms. The fourth-order valence-electron chi connectivity index (χ4n) is 1.42. The van der Waals surface area contributed by atoms with Crippen molar-refractivity contribution in [2.24, 2.45) is 17.8 Å². The molecule has 1 saturated carbocycles. The Morgan fingerprint density at radius 3 is 2.22 bits per heavy atom. The minimum atomic E-state index is 0.383. The highest BCUT2D eigenvalue weighted by Gasteiger charge is 2.42. The number of ketones is 1. The second-order valence-electron chi connectivity index (χ2n) is 3.36. The van der Waals surface area contributed by atoms with Crippen molar-refractivity contribution in [3.63, 3.8) is 0 Å². The molecular weight excluding hydrogens is 112 g/mol. The Bertz CT molecular complexity index is 127. The molecule has 1 aliphatic rings. The highest BCUT2D eigenvalue weighted by atomic mass is 16.1. The number of Topliss-reactive ketones (excluding diaryl/α,β-unsaturated/α-hetero) is 1. The lowest BCUT2D eigenvalue weighted by Gasteiger charge is -1.98. The summed E-state index contributed by atoms with van der Waals surface area (Å²) in [6, 6.07) is 0. The normalized spacial score (nSPS) is 32.9. The van der Waals surface area contributed by atoms with Crippen LogP contribution in [0.3, 0.4) is 0 Å². The number of carbonyl (C=O) groups is 1. The van der Waals surface area contributed by atoms with E-state index in [1.165, 1.54) is 0 Å². The molecule has 0 radical (unpaired) electrons. The van der Waals surface area contributed by atoms with Crippen LogP contribution in [0.15, 0.2) is 0 Å². The third-order valence-corrected chi connectivity index (χ3v) is 2.22. The average Bonchev–Trinajstić information content (AvgIpc) is 2.39. The molecule has 2 atom stereocenters. The summed E-state index contributed by atoms with van der Waals surface area (Å²) in [5.74, 6) is 2.22. The van der Waals surface area contributed by atoms with Crippen LogP contribution < -0.4 is 0 Å². The molecule has 1 fully saturated rings. The highest BCUT2D eigenvalue weighted by Crippen LogP contribution is 2.44. The van der Waals surface area contributed by atoms with Crippen LogP contribution in [0.2, 0.25) is 0 Å². The predicted octanol–water partition coefficient (Wildman–Crippen LogP) is 1.87. The molecule has 0 heterocycles. The maximum absolute atomic E-state index is 10.7. The first-order chi connectivity index (χ1) is 4.13. The van der Waals surface area contributed by atoms with E-state index in [1.54, 1.807) is 6.92 Å². The quantitative estimate of drug-likeness (QED) is 0.552. The first kappa shape index (κ1) is 6.79. The highest BCUT2D eigenvalue weighted by molar-refractivity contribution is 5.81. The van der Waals surface area contributed by atoms with Crippen LogP contribution in [-0.4, -0.2) is 5.78 Å².